The van der Waals surface area contributed by atoms with E-state index in [-0.39, 0.29) is 12.5 Å². The minimum Gasteiger partial charge on any atom is -0.305 e. The Morgan fingerprint density at radius 3 is 2.33 bits per heavy atom. The molecule has 0 saturated heterocycles. The summed E-state index contributed by atoms with van der Waals surface area (Å²) in [5.41, 5.74) is 1.21. The van der Waals surface area contributed by atoms with Crippen LogP contribution < -0.4 is 5.32 Å². The Morgan fingerprint density at radius 2 is 1.63 bits per heavy atom. The van der Waals surface area contributed by atoms with Crippen LogP contribution >= 0.6 is 15.9 Å². The SMILES string of the molecule is O=C(Nc1nn(Cc2ccc(C(F)(F)F)cc2)c2ccccc12)c1ccccc1Br. The number of amides is 1. The number of alkyl halides is 3. The molecule has 152 valence electrons. The van der Waals surface area contributed by atoms with Crippen molar-refractivity contribution in [2.45, 2.75) is 12.7 Å². The predicted octanol–water partition coefficient (Wildman–Crippen LogP) is 6.12. The van der Waals surface area contributed by atoms with Crippen LogP contribution in [0.2, 0.25) is 0 Å². The highest BCUT2D eigenvalue weighted by atomic mass is 79.9. The van der Waals surface area contributed by atoms with E-state index >= 15 is 0 Å². The van der Waals surface area contributed by atoms with Crippen LogP contribution in [0.5, 0.6) is 0 Å². The lowest BCUT2D eigenvalue weighted by Crippen LogP contribution is -2.13. The fraction of sp³-hybridized carbons (Fsp3) is 0.0909. The van der Waals surface area contributed by atoms with Gasteiger partial charge < -0.3 is 5.32 Å². The van der Waals surface area contributed by atoms with Crippen molar-refractivity contribution in [3.05, 3.63) is 94.0 Å². The van der Waals surface area contributed by atoms with Crippen LogP contribution in [-0.2, 0) is 12.7 Å². The molecule has 0 aliphatic heterocycles. The van der Waals surface area contributed by atoms with Crippen LogP contribution in [-0.4, -0.2) is 15.7 Å². The van der Waals surface area contributed by atoms with Crippen molar-refractivity contribution in [3.63, 3.8) is 0 Å². The number of benzene rings is 3. The number of halogens is 4. The highest BCUT2D eigenvalue weighted by molar-refractivity contribution is 9.10. The number of hydrogen-bond donors (Lipinski definition) is 1. The van der Waals surface area contributed by atoms with Gasteiger partial charge in [-0.3, -0.25) is 9.48 Å². The standard InChI is InChI=1S/C22H15BrF3N3O/c23-18-7-3-1-5-16(18)21(30)27-20-17-6-2-4-8-19(17)29(28-20)13-14-9-11-15(12-10-14)22(24,25)26/h1-12H,13H2,(H,27,28,30). The van der Waals surface area contributed by atoms with Gasteiger partial charge in [0.25, 0.3) is 5.91 Å². The van der Waals surface area contributed by atoms with Crippen molar-refractivity contribution in [3.8, 4) is 0 Å². The number of aromatic nitrogens is 2. The number of carbonyl (C=O) groups is 1. The summed E-state index contributed by atoms with van der Waals surface area (Å²) in [5.74, 6) is 0.0747. The molecule has 0 bridgehead atoms. The van der Waals surface area contributed by atoms with Crippen LogP contribution in [0.3, 0.4) is 0 Å². The molecule has 0 aliphatic rings. The summed E-state index contributed by atoms with van der Waals surface area (Å²) in [4.78, 5) is 12.7. The number of para-hydroxylation sites is 1. The molecule has 0 radical (unpaired) electrons. The van der Waals surface area contributed by atoms with Crippen LogP contribution in [0.4, 0.5) is 19.0 Å². The second-order valence-electron chi connectivity index (χ2n) is 6.65. The van der Waals surface area contributed by atoms with Gasteiger partial charge >= 0.3 is 6.18 Å². The lowest BCUT2D eigenvalue weighted by atomic mass is 10.1. The van der Waals surface area contributed by atoms with E-state index in [0.29, 0.717) is 21.4 Å². The van der Waals surface area contributed by atoms with Crippen molar-refractivity contribution in [1.29, 1.82) is 0 Å². The summed E-state index contributed by atoms with van der Waals surface area (Å²) >= 11 is 3.36. The van der Waals surface area contributed by atoms with E-state index in [1.165, 1.54) is 12.1 Å². The molecule has 4 aromatic rings. The zero-order valence-electron chi connectivity index (χ0n) is 15.4. The van der Waals surface area contributed by atoms with Crippen LogP contribution in [0.15, 0.2) is 77.3 Å². The number of nitrogens with one attached hydrogen (secondary N) is 1. The third-order valence-corrected chi connectivity index (χ3v) is 5.31. The molecule has 0 unspecified atom stereocenters. The van der Waals surface area contributed by atoms with Crippen LogP contribution in [0, 0.1) is 0 Å². The molecule has 1 heterocycles. The van der Waals surface area contributed by atoms with Crippen molar-refractivity contribution >= 4 is 38.6 Å². The van der Waals surface area contributed by atoms with Gasteiger partial charge in [0.2, 0.25) is 0 Å². The average Bonchev–Trinajstić information content (AvgIpc) is 3.05. The molecule has 30 heavy (non-hydrogen) atoms. The van der Waals surface area contributed by atoms with Gasteiger partial charge in [-0.25, -0.2) is 0 Å². The zero-order valence-corrected chi connectivity index (χ0v) is 17.0. The molecule has 1 aromatic heterocycles. The van der Waals surface area contributed by atoms with Crippen molar-refractivity contribution in [2.75, 3.05) is 5.32 Å². The second kappa shape index (κ2) is 7.95. The number of hydrogen-bond acceptors (Lipinski definition) is 2. The number of nitrogens with zero attached hydrogens (tertiary/aromatic N) is 2. The van der Waals surface area contributed by atoms with E-state index in [1.807, 2.05) is 30.3 Å². The first-order chi connectivity index (χ1) is 14.3. The van der Waals surface area contributed by atoms with Gasteiger partial charge in [0.15, 0.2) is 5.82 Å². The fourth-order valence-corrected chi connectivity index (χ4v) is 3.60. The number of rotatable bonds is 4. The first kappa shape index (κ1) is 20.2. The quantitative estimate of drug-likeness (QED) is 0.388. The maximum atomic E-state index is 12.8. The predicted molar refractivity (Wildman–Crippen MR) is 112 cm³/mol. The molecular weight excluding hydrogens is 459 g/mol. The molecule has 8 heteroatoms. The first-order valence-corrected chi connectivity index (χ1v) is 9.80. The van der Waals surface area contributed by atoms with Crippen molar-refractivity contribution < 1.29 is 18.0 Å². The van der Waals surface area contributed by atoms with Gasteiger partial charge in [-0.2, -0.15) is 18.3 Å². The molecule has 0 spiro atoms. The third kappa shape index (κ3) is 4.09. The molecule has 1 N–H and O–H groups in total. The Kier molecular flexibility index (Phi) is 5.34. The normalized spacial score (nSPS) is 11.6. The molecular formula is C22H15BrF3N3O. The summed E-state index contributed by atoms with van der Waals surface area (Å²) in [5, 5.41) is 8.07. The minimum atomic E-state index is -4.37. The second-order valence-corrected chi connectivity index (χ2v) is 7.51. The summed E-state index contributed by atoms with van der Waals surface area (Å²) in [6, 6.07) is 19.4. The van der Waals surface area contributed by atoms with Crippen molar-refractivity contribution in [1.82, 2.24) is 9.78 Å². The molecule has 0 fully saturated rings. The molecule has 4 nitrogen and oxygen atoms in total. The monoisotopic (exact) mass is 473 g/mol. The van der Waals surface area contributed by atoms with E-state index in [9.17, 15) is 18.0 Å². The Bertz CT molecular complexity index is 1220. The summed E-state index contributed by atoms with van der Waals surface area (Å²) in [7, 11) is 0. The molecule has 3 aromatic carbocycles. The van der Waals surface area contributed by atoms with E-state index < -0.39 is 11.7 Å². The Morgan fingerprint density at radius 1 is 0.967 bits per heavy atom. The van der Waals surface area contributed by atoms with E-state index in [2.05, 4.69) is 26.3 Å². The largest absolute Gasteiger partial charge is 0.416 e. The van der Waals surface area contributed by atoms with Gasteiger partial charge in [-0.05, 0) is 57.9 Å². The topological polar surface area (TPSA) is 46.9 Å². The first-order valence-electron chi connectivity index (χ1n) is 9.00. The van der Waals surface area contributed by atoms with Gasteiger partial charge in [0, 0.05) is 9.86 Å². The number of carbonyl (C=O) groups excluding carboxylic acids is 1. The molecule has 4 rings (SSSR count). The lowest BCUT2D eigenvalue weighted by molar-refractivity contribution is -0.137. The van der Waals surface area contributed by atoms with Gasteiger partial charge in [-0.1, -0.05) is 36.4 Å². The lowest BCUT2D eigenvalue weighted by Gasteiger charge is -2.08. The van der Waals surface area contributed by atoms with E-state index in [1.54, 1.807) is 22.9 Å². The molecule has 1 amide bonds. The van der Waals surface area contributed by atoms with Gasteiger partial charge in [0.05, 0.1) is 23.2 Å². The molecule has 0 aliphatic carbocycles. The fourth-order valence-electron chi connectivity index (χ4n) is 3.13. The van der Waals surface area contributed by atoms with Gasteiger partial charge in [0.1, 0.15) is 0 Å². The highest BCUT2D eigenvalue weighted by Crippen LogP contribution is 2.30. The highest BCUT2D eigenvalue weighted by Gasteiger charge is 2.30. The van der Waals surface area contributed by atoms with E-state index in [4.69, 9.17) is 0 Å². The van der Waals surface area contributed by atoms with Crippen LogP contribution in [0.25, 0.3) is 10.9 Å². The Hall–Kier alpha value is -3.13. The molecule has 0 atom stereocenters. The maximum absolute atomic E-state index is 12.8. The van der Waals surface area contributed by atoms with Crippen molar-refractivity contribution in [2.24, 2.45) is 0 Å². The summed E-state index contributed by atoms with van der Waals surface area (Å²) in [6.07, 6.45) is -4.37. The number of fused-ring (bicyclic) bond motifs is 1. The molecule has 0 saturated carbocycles. The smallest absolute Gasteiger partial charge is 0.305 e. The maximum Gasteiger partial charge on any atom is 0.416 e. The van der Waals surface area contributed by atoms with E-state index in [0.717, 1.165) is 23.0 Å². The summed E-state index contributed by atoms with van der Waals surface area (Å²) in [6.45, 7) is 0.267. The Balaban J connectivity index is 1.64. The van der Waals surface area contributed by atoms with Crippen LogP contribution in [0.1, 0.15) is 21.5 Å². The minimum absolute atomic E-state index is 0.267. The average molecular weight is 474 g/mol. The Labute approximate surface area is 178 Å². The summed E-state index contributed by atoms with van der Waals surface area (Å²) < 4.78 is 40.7. The van der Waals surface area contributed by atoms with Gasteiger partial charge in [-0.15, -0.1) is 0 Å². The number of anilines is 1. The zero-order chi connectivity index (χ0) is 21.3. The third-order valence-electron chi connectivity index (χ3n) is 4.62.